The van der Waals surface area contributed by atoms with Crippen molar-refractivity contribution < 1.29 is 32.6 Å². The van der Waals surface area contributed by atoms with Crippen LogP contribution in [0.1, 0.15) is 54.0 Å². The summed E-state index contributed by atoms with van der Waals surface area (Å²) in [6.07, 6.45) is -1.57. The number of likely N-dealkylation sites (tertiary alicyclic amines) is 1. The molecular weight excluding hydrogens is 493 g/mol. The van der Waals surface area contributed by atoms with E-state index >= 15 is 0 Å². The van der Waals surface area contributed by atoms with E-state index < -0.39 is 17.6 Å². The van der Waals surface area contributed by atoms with Gasteiger partial charge in [-0.25, -0.2) is 5.21 Å². The van der Waals surface area contributed by atoms with Crippen LogP contribution in [0.4, 0.5) is 13.2 Å². The van der Waals surface area contributed by atoms with E-state index in [1.165, 1.54) is 23.3 Å². The zero-order valence-electron chi connectivity index (χ0n) is 22.0. The maximum absolute atomic E-state index is 13.3. The van der Waals surface area contributed by atoms with Gasteiger partial charge in [-0.3, -0.25) is 4.79 Å². The monoisotopic (exact) mass is 525 g/mol. The molecule has 6 atom stereocenters. The number of likely N-dealkylation sites (N-methyl/N-ethyl adjacent to an activating group) is 2. The number of hydroxylamine groups is 3. The Balaban J connectivity index is 1.34. The van der Waals surface area contributed by atoms with Crippen molar-refractivity contribution in [1.82, 2.24) is 4.90 Å². The van der Waals surface area contributed by atoms with Crippen molar-refractivity contribution >= 4 is 5.91 Å². The Kier molecular flexibility index (Phi) is 5.32. The second-order valence-corrected chi connectivity index (χ2v) is 11.9. The summed E-state index contributed by atoms with van der Waals surface area (Å²) in [6, 6.07) is 8.58. The molecule has 2 aromatic rings. The number of alkyl halides is 3. The second kappa shape index (κ2) is 8.00. The van der Waals surface area contributed by atoms with E-state index in [1.54, 1.807) is 11.9 Å². The Hall–Kier alpha value is -3.02. The molecule has 2 fully saturated rings. The molecule has 2 heterocycles. The fraction of sp³-hybridized carbons (Fsp3) is 0.500. The molecular formula is C30H32F3N2O3+. The molecule has 200 valence electrons. The number of rotatable bonds is 1. The van der Waals surface area contributed by atoms with E-state index in [4.69, 9.17) is 4.74 Å². The first-order valence-corrected chi connectivity index (χ1v) is 13.1. The zero-order chi connectivity index (χ0) is 27.3. The Bertz CT molecular complexity index is 1390. The SMILES string of the molecule is Cc1ccc2c3c1OC1C(N(C)C(=O)C#Cc4ccc(C(F)(F)F)cc4)CC[C@@]4(C)[C@H](C2)[N+](C)(O)CC[C@]314. The van der Waals surface area contributed by atoms with Gasteiger partial charge >= 0.3 is 6.18 Å². The Morgan fingerprint density at radius 1 is 1.18 bits per heavy atom. The summed E-state index contributed by atoms with van der Waals surface area (Å²) in [5.74, 6) is 5.90. The van der Waals surface area contributed by atoms with E-state index in [1.807, 2.05) is 7.05 Å². The normalized spacial score (nSPS) is 34.5. The first-order valence-electron chi connectivity index (χ1n) is 13.1. The molecule has 0 aromatic heterocycles. The average molecular weight is 526 g/mol. The van der Waals surface area contributed by atoms with Crippen molar-refractivity contribution in [1.29, 1.82) is 0 Å². The van der Waals surface area contributed by atoms with Crippen molar-refractivity contribution in [2.75, 3.05) is 20.6 Å². The van der Waals surface area contributed by atoms with Crippen molar-refractivity contribution in [3.05, 3.63) is 64.2 Å². The van der Waals surface area contributed by atoms with Gasteiger partial charge in [-0.1, -0.05) is 25.0 Å². The number of hydrogen-bond donors (Lipinski definition) is 1. The lowest BCUT2D eigenvalue weighted by atomic mass is 9.43. The van der Waals surface area contributed by atoms with Crippen LogP contribution < -0.4 is 4.74 Å². The molecule has 2 bridgehead atoms. The van der Waals surface area contributed by atoms with Gasteiger partial charge in [0, 0.05) is 42.4 Å². The van der Waals surface area contributed by atoms with Gasteiger partial charge in [0.05, 0.1) is 24.1 Å². The zero-order valence-corrected chi connectivity index (χ0v) is 22.0. The van der Waals surface area contributed by atoms with Crippen LogP contribution in [-0.4, -0.2) is 59.5 Å². The summed E-state index contributed by atoms with van der Waals surface area (Å²) in [5, 5.41) is 11.4. The molecule has 5 nitrogen and oxygen atoms in total. The first kappa shape index (κ1) is 25.3. The molecule has 1 N–H and O–H groups in total. The molecule has 2 aliphatic heterocycles. The third kappa shape index (κ3) is 3.31. The van der Waals surface area contributed by atoms with Crippen molar-refractivity contribution in [3.8, 4) is 17.6 Å². The smallest absolute Gasteiger partial charge is 0.416 e. The number of hydrogen-bond acceptors (Lipinski definition) is 3. The molecule has 38 heavy (non-hydrogen) atoms. The van der Waals surface area contributed by atoms with Crippen LogP contribution in [-0.2, 0) is 22.8 Å². The number of nitrogens with zero attached hydrogens (tertiary/aromatic N) is 2. The van der Waals surface area contributed by atoms with Gasteiger partial charge in [-0.2, -0.15) is 17.8 Å². The van der Waals surface area contributed by atoms with Crippen molar-refractivity contribution in [2.24, 2.45) is 5.41 Å². The van der Waals surface area contributed by atoms with E-state index in [0.29, 0.717) is 18.5 Å². The molecule has 6 rings (SSSR count). The summed E-state index contributed by atoms with van der Waals surface area (Å²) in [4.78, 5) is 14.9. The average Bonchev–Trinajstić information content (AvgIpc) is 3.22. The van der Waals surface area contributed by atoms with Crippen LogP contribution in [0.25, 0.3) is 0 Å². The summed E-state index contributed by atoms with van der Waals surface area (Å²) >= 11 is 0. The van der Waals surface area contributed by atoms with Crippen LogP contribution in [0.3, 0.4) is 0 Å². The number of piperidine rings is 1. The van der Waals surface area contributed by atoms with Crippen LogP contribution >= 0.6 is 0 Å². The molecule has 1 spiro atoms. The van der Waals surface area contributed by atoms with E-state index in [2.05, 4.69) is 37.8 Å². The predicted octanol–water partition coefficient (Wildman–Crippen LogP) is 4.86. The van der Waals surface area contributed by atoms with Gasteiger partial charge in [0.1, 0.15) is 24.4 Å². The van der Waals surface area contributed by atoms with E-state index in [9.17, 15) is 23.2 Å². The topological polar surface area (TPSA) is 49.8 Å². The Morgan fingerprint density at radius 2 is 1.89 bits per heavy atom. The highest BCUT2D eigenvalue weighted by Gasteiger charge is 2.75. The lowest BCUT2D eigenvalue weighted by Gasteiger charge is -2.65. The number of amides is 1. The Labute approximate surface area is 220 Å². The van der Waals surface area contributed by atoms with E-state index in [-0.39, 0.29) is 33.7 Å². The molecule has 1 amide bonds. The predicted molar refractivity (Wildman–Crippen MR) is 134 cm³/mol. The van der Waals surface area contributed by atoms with Gasteiger partial charge in [0.15, 0.2) is 0 Å². The fourth-order valence-electron chi connectivity index (χ4n) is 8.07. The number of carbonyl (C=O) groups is 1. The van der Waals surface area contributed by atoms with Gasteiger partial charge < -0.3 is 9.64 Å². The molecule has 1 saturated carbocycles. The molecule has 4 aliphatic rings. The van der Waals surface area contributed by atoms with Crippen LogP contribution in [0.15, 0.2) is 36.4 Å². The summed E-state index contributed by atoms with van der Waals surface area (Å²) in [5.41, 5.74) is 2.66. The highest BCUT2D eigenvalue weighted by Crippen LogP contribution is 2.69. The third-order valence-corrected chi connectivity index (χ3v) is 10.1. The number of quaternary nitrogens is 1. The summed E-state index contributed by atoms with van der Waals surface area (Å²) in [7, 11) is 3.65. The van der Waals surface area contributed by atoms with Crippen LogP contribution in [0.5, 0.6) is 5.75 Å². The quantitative estimate of drug-likeness (QED) is 0.428. The maximum atomic E-state index is 13.3. The van der Waals surface area contributed by atoms with Crippen molar-refractivity contribution in [3.63, 3.8) is 0 Å². The molecule has 3 unspecified atom stereocenters. The van der Waals surface area contributed by atoms with Gasteiger partial charge in [-0.05, 0) is 55.2 Å². The van der Waals surface area contributed by atoms with Crippen molar-refractivity contribution in [2.45, 2.75) is 69.3 Å². The maximum Gasteiger partial charge on any atom is 0.416 e. The molecule has 2 aliphatic carbocycles. The third-order valence-electron chi connectivity index (χ3n) is 10.1. The van der Waals surface area contributed by atoms with Gasteiger partial charge in [-0.15, -0.1) is 0 Å². The highest BCUT2D eigenvalue weighted by atomic mass is 19.4. The number of aryl methyl sites for hydroxylation is 1. The molecule has 1 saturated heterocycles. The van der Waals surface area contributed by atoms with Crippen LogP contribution in [0, 0.1) is 24.2 Å². The highest BCUT2D eigenvalue weighted by molar-refractivity contribution is 5.94. The van der Waals surface area contributed by atoms with Crippen LogP contribution in [0.2, 0.25) is 0 Å². The van der Waals surface area contributed by atoms with Gasteiger partial charge in [0.25, 0.3) is 5.91 Å². The second-order valence-electron chi connectivity index (χ2n) is 11.9. The summed E-state index contributed by atoms with van der Waals surface area (Å²) in [6.45, 7) is 4.97. The van der Waals surface area contributed by atoms with E-state index in [0.717, 1.165) is 42.7 Å². The molecule has 8 heteroatoms. The first-order chi connectivity index (χ1) is 17.8. The Morgan fingerprint density at radius 3 is 2.58 bits per heavy atom. The number of halogens is 3. The number of benzene rings is 2. The fourth-order valence-corrected chi connectivity index (χ4v) is 8.07. The minimum atomic E-state index is -4.42. The lowest BCUT2D eigenvalue weighted by Crippen LogP contribution is -2.76. The summed E-state index contributed by atoms with van der Waals surface area (Å²) < 4.78 is 45.4. The number of ether oxygens (including phenoxy) is 1. The molecule has 2 aromatic carbocycles. The number of carbonyl (C=O) groups excluding carboxylic acids is 1. The lowest BCUT2D eigenvalue weighted by molar-refractivity contribution is -1.12. The minimum Gasteiger partial charge on any atom is -0.487 e. The van der Waals surface area contributed by atoms with Gasteiger partial charge in [0.2, 0.25) is 0 Å². The minimum absolute atomic E-state index is 0.00827. The standard InChI is InChI=1S/C30H32F3N2O3/c1-18-5-9-20-17-23-28(2)14-13-22(27-29(28,15-16-35(23,4)37)25(20)26(18)38-27)34(3)24(36)12-8-19-6-10-21(11-7-19)30(31,32)33/h5-7,9-11,22-23,27,37H,13-17H2,1-4H3/q+1/t22?,23-,27?,28-,29-,35?/m0/s1. The molecule has 0 radical (unpaired) electrons. The largest absolute Gasteiger partial charge is 0.487 e.